The second-order valence-corrected chi connectivity index (χ2v) is 6.85. The molecule has 0 spiro atoms. The number of hydrogen-bond acceptors (Lipinski definition) is 4. The number of rotatable bonds is 3. The summed E-state index contributed by atoms with van der Waals surface area (Å²) in [5, 5.41) is 3.52. The highest BCUT2D eigenvalue weighted by Gasteiger charge is 2.26. The molecule has 0 unspecified atom stereocenters. The van der Waals surface area contributed by atoms with Gasteiger partial charge in [-0.3, -0.25) is 0 Å². The van der Waals surface area contributed by atoms with E-state index in [-0.39, 0.29) is 6.09 Å². The zero-order chi connectivity index (χ0) is 14.8. The van der Waals surface area contributed by atoms with Crippen LogP contribution in [0.25, 0.3) is 0 Å². The fourth-order valence-corrected chi connectivity index (χ4v) is 2.47. The van der Waals surface area contributed by atoms with Gasteiger partial charge in [-0.25, -0.2) is 4.79 Å². The molecular formula is C15H27N3O2. The Morgan fingerprint density at radius 3 is 2.70 bits per heavy atom. The molecule has 1 fully saturated rings. The number of carbonyl (C=O) groups is 1. The highest BCUT2D eigenvalue weighted by molar-refractivity contribution is 5.68. The molecule has 0 aromatic rings. The van der Waals surface area contributed by atoms with Gasteiger partial charge in [-0.1, -0.05) is 11.6 Å². The Bertz CT molecular complexity index is 381. The Kier molecular flexibility index (Phi) is 4.70. The summed E-state index contributed by atoms with van der Waals surface area (Å²) in [6.07, 6.45) is 5.00. The molecule has 1 aliphatic heterocycles. The fourth-order valence-electron chi connectivity index (χ4n) is 2.47. The smallest absolute Gasteiger partial charge is 0.410 e. The Labute approximate surface area is 121 Å². The van der Waals surface area contributed by atoms with Crippen LogP contribution in [0.3, 0.4) is 0 Å². The topological polar surface area (TPSA) is 67.6 Å². The molecule has 1 aliphatic carbocycles. The number of carbonyl (C=O) groups excluding carboxylic acids is 1. The lowest BCUT2D eigenvalue weighted by atomic mass is 9.87. The Balaban J connectivity index is 1.71. The quantitative estimate of drug-likeness (QED) is 0.772. The minimum Gasteiger partial charge on any atom is -0.444 e. The second kappa shape index (κ2) is 6.14. The van der Waals surface area contributed by atoms with Crippen molar-refractivity contribution in [1.82, 2.24) is 10.2 Å². The molecule has 0 atom stereocenters. The predicted molar refractivity (Wildman–Crippen MR) is 79.5 cm³/mol. The van der Waals surface area contributed by atoms with Gasteiger partial charge in [0.15, 0.2) is 0 Å². The molecule has 5 nitrogen and oxygen atoms in total. The highest BCUT2D eigenvalue weighted by atomic mass is 16.6. The number of hydrogen-bond donors (Lipinski definition) is 2. The van der Waals surface area contributed by atoms with E-state index in [0.29, 0.717) is 18.6 Å². The first-order chi connectivity index (χ1) is 9.33. The summed E-state index contributed by atoms with van der Waals surface area (Å²) in [6, 6.07) is 0.963. The predicted octanol–water partition coefficient (Wildman–Crippen LogP) is 1.63. The van der Waals surface area contributed by atoms with E-state index in [1.54, 1.807) is 4.90 Å². The third-order valence-corrected chi connectivity index (χ3v) is 3.75. The van der Waals surface area contributed by atoms with E-state index in [1.165, 1.54) is 5.57 Å². The first-order valence-corrected chi connectivity index (χ1v) is 7.48. The van der Waals surface area contributed by atoms with E-state index in [4.69, 9.17) is 10.5 Å². The molecule has 0 radical (unpaired) electrons. The zero-order valence-electron chi connectivity index (χ0n) is 12.8. The van der Waals surface area contributed by atoms with E-state index >= 15 is 0 Å². The molecule has 2 rings (SSSR count). The van der Waals surface area contributed by atoms with Crippen LogP contribution in [-0.4, -0.2) is 48.3 Å². The van der Waals surface area contributed by atoms with Crippen molar-refractivity contribution in [3.63, 3.8) is 0 Å². The summed E-state index contributed by atoms with van der Waals surface area (Å²) in [6.45, 7) is 7.98. The molecule has 1 saturated carbocycles. The monoisotopic (exact) mass is 281 g/mol. The van der Waals surface area contributed by atoms with Crippen LogP contribution < -0.4 is 11.1 Å². The molecule has 1 heterocycles. The molecule has 20 heavy (non-hydrogen) atoms. The lowest BCUT2D eigenvalue weighted by Gasteiger charge is -2.34. The number of nitrogens with zero attached hydrogens (tertiary/aromatic N) is 1. The van der Waals surface area contributed by atoms with E-state index in [1.807, 2.05) is 20.8 Å². The minimum absolute atomic E-state index is 0.217. The third-order valence-electron chi connectivity index (χ3n) is 3.75. The molecule has 0 aromatic heterocycles. The van der Waals surface area contributed by atoms with Gasteiger partial charge in [0.05, 0.1) is 0 Å². The van der Waals surface area contributed by atoms with Crippen LogP contribution in [0.5, 0.6) is 0 Å². The van der Waals surface area contributed by atoms with Gasteiger partial charge in [0.1, 0.15) is 5.60 Å². The number of amides is 1. The van der Waals surface area contributed by atoms with Crippen LogP contribution in [0, 0.1) is 0 Å². The fraction of sp³-hybridized carbons (Fsp3) is 0.800. The first-order valence-electron chi connectivity index (χ1n) is 7.48. The lowest BCUT2D eigenvalue weighted by Crippen LogP contribution is -2.49. The molecule has 0 aromatic carbocycles. The second-order valence-electron chi connectivity index (χ2n) is 6.85. The molecule has 2 aliphatic rings. The Morgan fingerprint density at radius 1 is 1.50 bits per heavy atom. The van der Waals surface area contributed by atoms with Gasteiger partial charge < -0.3 is 20.7 Å². The molecule has 0 saturated heterocycles. The van der Waals surface area contributed by atoms with Gasteiger partial charge in [0.25, 0.3) is 0 Å². The summed E-state index contributed by atoms with van der Waals surface area (Å²) in [7, 11) is 0. The van der Waals surface area contributed by atoms with Crippen LogP contribution in [0.2, 0.25) is 0 Å². The average Bonchev–Trinajstić information content (AvgIpc) is 2.32. The van der Waals surface area contributed by atoms with Gasteiger partial charge in [-0.05, 0) is 40.0 Å². The third kappa shape index (κ3) is 4.49. The van der Waals surface area contributed by atoms with Crippen LogP contribution in [0.15, 0.2) is 11.6 Å². The van der Waals surface area contributed by atoms with E-state index in [9.17, 15) is 4.79 Å². The summed E-state index contributed by atoms with van der Waals surface area (Å²) < 4.78 is 5.38. The van der Waals surface area contributed by atoms with Crippen molar-refractivity contribution in [2.24, 2.45) is 5.73 Å². The largest absolute Gasteiger partial charge is 0.444 e. The summed E-state index contributed by atoms with van der Waals surface area (Å²) in [5.41, 5.74) is 6.72. The number of nitrogens with two attached hydrogens (primary N) is 1. The van der Waals surface area contributed by atoms with Gasteiger partial charge in [-0.15, -0.1) is 0 Å². The summed E-state index contributed by atoms with van der Waals surface area (Å²) >= 11 is 0. The van der Waals surface area contributed by atoms with Gasteiger partial charge >= 0.3 is 6.09 Å². The van der Waals surface area contributed by atoms with Crippen molar-refractivity contribution < 1.29 is 9.53 Å². The van der Waals surface area contributed by atoms with Crippen molar-refractivity contribution in [3.8, 4) is 0 Å². The van der Waals surface area contributed by atoms with E-state index in [0.717, 1.165) is 32.4 Å². The van der Waals surface area contributed by atoms with E-state index < -0.39 is 5.60 Å². The average molecular weight is 281 g/mol. The van der Waals surface area contributed by atoms with Crippen LogP contribution in [0.4, 0.5) is 4.79 Å². The standard InChI is InChI=1S/C15H27N3O2/c1-15(2,3)20-14(19)18-6-4-11(5-7-18)10-17-13-8-12(16)9-13/h4,12-13,17H,5-10,16H2,1-3H3. The normalized spacial score (nSPS) is 26.8. The van der Waals surface area contributed by atoms with Crippen LogP contribution in [-0.2, 0) is 4.74 Å². The molecule has 0 bridgehead atoms. The number of nitrogens with one attached hydrogen (secondary N) is 1. The Morgan fingerprint density at radius 2 is 2.20 bits per heavy atom. The summed E-state index contributed by atoms with van der Waals surface area (Å²) in [5.74, 6) is 0. The highest BCUT2D eigenvalue weighted by Crippen LogP contribution is 2.19. The molecule has 114 valence electrons. The van der Waals surface area contributed by atoms with Gasteiger partial charge in [0, 0.05) is 31.7 Å². The summed E-state index contributed by atoms with van der Waals surface area (Å²) in [4.78, 5) is 13.7. The van der Waals surface area contributed by atoms with E-state index in [2.05, 4.69) is 11.4 Å². The van der Waals surface area contributed by atoms with Crippen molar-refractivity contribution >= 4 is 6.09 Å². The molecule has 5 heteroatoms. The van der Waals surface area contributed by atoms with Crippen LogP contribution >= 0.6 is 0 Å². The maximum atomic E-state index is 11.9. The number of ether oxygens (including phenoxy) is 1. The lowest BCUT2D eigenvalue weighted by molar-refractivity contribution is 0.0265. The molecule has 3 N–H and O–H groups in total. The maximum Gasteiger partial charge on any atom is 0.410 e. The van der Waals surface area contributed by atoms with Gasteiger partial charge in [-0.2, -0.15) is 0 Å². The molecule has 1 amide bonds. The molecular weight excluding hydrogens is 254 g/mol. The van der Waals surface area contributed by atoms with Gasteiger partial charge in [0.2, 0.25) is 0 Å². The minimum atomic E-state index is -0.425. The van der Waals surface area contributed by atoms with Crippen molar-refractivity contribution in [1.29, 1.82) is 0 Å². The first kappa shape index (κ1) is 15.3. The zero-order valence-corrected chi connectivity index (χ0v) is 12.8. The van der Waals surface area contributed by atoms with Crippen molar-refractivity contribution in [2.75, 3.05) is 19.6 Å². The van der Waals surface area contributed by atoms with Crippen molar-refractivity contribution in [3.05, 3.63) is 11.6 Å². The SMILES string of the molecule is CC(C)(C)OC(=O)N1CC=C(CNC2CC(N)C2)CC1. The van der Waals surface area contributed by atoms with Crippen molar-refractivity contribution in [2.45, 2.75) is 57.7 Å². The maximum absolute atomic E-state index is 11.9. The van der Waals surface area contributed by atoms with Crippen LogP contribution in [0.1, 0.15) is 40.0 Å². The Hall–Kier alpha value is -1.07.